The van der Waals surface area contributed by atoms with Gasteiger partial charge in [0.2, 0.25) is 0 Å². The van der Waals surface area contributed by atoms with Crippen LogP contribution in [0.3, 0.4) is 0 Å². The molecule has 0 aromatic heterocycles. The number of benzene rings is 2. The summed E-state index contributed by atoms with van der Waals surface area (Å²) in [5, 5.41) is 0. The first-order valence-electron chi connectivity index (χ1n) is 10.6. The zero-order valence-electron chi connectivity index (χ0n) is 19.8. The molecule has 0 bridgehead atoms. The molecule has 0 unspecified atom stereocenters. The van der Waals surface area contributed by atoms with Crippen molar-refractivity contribution in [2.45, 2.75) is 68.2 Å². The van der Waals surface area contributed by atoms with Crippen LogP contribution in [-0.2, 0) is 12.8 Å². The van der Waals surface area contributed by atoms with Gasteiger partial charge < -0.3 is 5.73 Å². The van der Waals surface area contributed by atoms with Gasteiger partial charge in [-0.25, -0.2) is 0 Å². The molecule has 28 heavy (non-hydrogen) atoms. The number of allylic oxidation sites excluding steroid dienone is 3. The minimum absolute atomic E-state index is 0.944. The Morgan fingerprint density at radius 1 is 0.893 bits per heavy atom. The molecule has 1 nitrogen and oxygen atoms in total. The van der Waals surface area contributed by atoms with E-state index in [9.17, 15) is 0 Å². The molecule has 0 amide bonds. The second-order valence-corrected chi connectivity index (χ2v) is 6.04. The van der Waals surface area contributed by atoms with Crippen LogP contribution in [-0.4, -0.2) is 7.05 Å². The first-order chi connectivity index (χ1) is 13.5. The molecule has 0 spiro atoms. The van der Waals surface area contributed by atoms with Gasteiger partial charge in [0.1, 0.15) is 0 Å². The fourth-order valence-electron chi connectivity index (χ4n) is 2.94. The molecule has 0 atom stereocenters. The fraction of sp³-hybridized carbons (Fsp3) is 0.407. The van der Waals surface area contributed by atoms with E-state index in [-0.39, 0.29) is 0 Å². The van der Waals surface area contributed by atoms with Crippen molar-refractivity contribution < 1.29 is 0 Å². The molecule has 0 aliphatic carbocycles. The van der Waals surface area contributed by atoms with Crippen molar-refractivity contribution in [2.75, 3.05) is 7.05 Å². The third-order valence-electron chi connectivity index (χ3n) is 4.24. The summed E-state index contributed by atoms with van der Waals surface area (Å²) in [4.78, 5) is 0. The summed E-state index contributed by atoms with van der Waals surface area (Å²) >= 11 is 0. The highest BCUT2D eigenvalue weighted by atomic mass is 14.4. The summed E-state index contributed by atoms with van der Waals surface area (Å²) in [5.74, 6) is 0. The molecule has 2 aromatic rings. The SMILES string of the molecule is C=C/C=C(/Cc1ccc(C)cc1)c1cc(CC)c(C)cc1C.CC.CC.CN. The largest absolute Gasteiger partial charge is 0.333 e. The topological polar surface area (TPSA) is 26.0 Å². The Kier molecular flexibility index (Phi) is 17.1. The van der Waals surface area contributed by atoms with E-state index in [0.717, 1.165) is 12.8 Å². The van der Waals surface area contributed by atoms with Crippen LogP contribution in [0.5, 0.6) is 0 Å². The predicted molar refractivity (Wildman–Crippen MR) is 131 cm³/mol. The highest BCUT2D eigenvalue weighted by Gasteiger charge is 2.09. The Morgan fingerprint density at radius 2 is 1.43 bits per heavy atom. The van der Waals surface area contributed by atoms with Crippen molar-refractivity contribution in [1.29, 1.82) is 0 Å². The van der Waals surface area contributed by atoms with Crippen molar-refractivity contribution >= 4 is 5.57 Å². The van der Waals surface area contributed by atoms with Crippen molar-refractivity contribution in [1.82, 2.24) is 0 Å². The minimum atomic E-state index is 0.944. The van der Waals surface area contributed by atoms with Crippen LogP contribution in [0.4, 0.5) is 0 Å². The first-order valence-corrected chi connectivity index (χ1v) is 10.6. The van der Waals surface area contributed by atoms with Gasteiger partial charge in [0.05, 0.1) is 0 Å². The van der Waals surface area contributed by atoms with Gasteiger partial charge in [-0.2, -0.15) is 0 Å². The Balaban J connectivity index is 0. The summed E-state index contributed by atoms with van der Waals surface area (Å²) in [6.45, 7) is 20.6. The van der Waals surface area contributed by atoms with Crippen LogP contribution in [0, 0.1) is 20.8 Å². The van der Waals surface area contributed by atoms with Crippen LogP contribution < -0.4 is 5.73 Å². The van der Waals surface area contributed by atoms with Crippen LogP contribution >= 0.6 is 0 Å². The molecule has 0 aliphatic heterocycles. The summed E-state index contributed by atoms with van der Waals surface area (Å²) in [5.41, 5.74) is 14.0. The molecule has 0 aliphatic rings. The maximum atomic E-state index is 4.50. The van der Waals surface area contributed by atoms with E-state index >= 15 is 0 Å². The van der Waals surface area contributed by atoms with Crippen LogP contribution in [0.25, 0.3) is 5.57 Å². The molecule has 0 saturated heterocycles. The lowest BCUT2D eigenvalue weighted by Gasteiger charge is -2.15. The number of hydrogen-bond donors (Lipinski definition) is 1. The van der Waals surface area contributed by atoms with Gasteiger partial charge in [-0.3, -0.25) is 0 Å². The monoisotopic (exact) mass is 381 g/mol. The molecule has 0 fully saturated rings. The van der Waals surface area contributed by atoms with Crippen LogP contribution in [0.2, 0.25) is 0 Å². The van der Waals surface area contributed by atoms with Crippen molar-refractivity contribution in [3.05, 3.63) is 88.5 Å². The smallest absolute Gasteiger partial charge is 0.00197 e. The average molecular weight is 382 g/mol. The van der Waals surface area contributed by atoms with E-state index in [1.54, 1.807) is 0 Å². The molecular weight excluding hydrogens is 338 g/mol. The van der Waals surface area contributed by atoms with E-state index in [2.05, 4.69) is 82.5 Å². The molecule has 0 heterocycles. The maximum absolute atomic E-state index is 4.50. The maximum Gasteiger partial charge on any atom is -0.00197 e. The molecular formula is C27H43N. The first kappa shape index (κ1) is 28.1. The van der Waals surface area contributed by atoms with Gasteiger partial charge in [0, 0.05) is 0 Å². The normalized spacial score (nSPS) is 9.71. The van der Waals surface area contributed by atoms with Gasteiger partial charge in [0.15, 0.2) is 0 Å². The Morgan fingerprint density at radius 3 is 1.89 bits per heavy atom. The average Bonchev–Trinajstić information content (AvgIpc) is 2.74. The molecule has 0 saturated carbocycles. The van der Waals surface area contributed by atoms with Crippen LogP contribution in [0.1, 0.15) is 68.0 Å². The number of nitrogens with two attached hydrogens (primary N) is 1. The summed E-state index contributed by atoms with van der Waals surface area (Å²) in [7, 11) is 1.50. The second-order valence-electron chi connectivity index (χ2n) is 6.04. The van der Waals surface area contributed by atoms with Crippen LogP contribution in [0.15, 0.2) is 55.1 Å². The lowest BCUT2D eigenvalue weighted by Crippen LogP contribution is -1.98. The van der Waals surface area contributed by atoms with E-state index < -0.39 is 0 Å². The molecule has 2 rings (SSSR count). The number of rotatable bonds is 5. The lowest BCUT2D eigenvalue weighted by molar-refractivity contribution is 1.09. The molecule has 2 N–H and O–H groups in total. The van der Waals surface area contributed by atoms with Gasteiger partial charge >= 0.3 is 0 Å². The third-order valence-corrected chi connectivity index (χ3v) is 4.24. The van der Waals surface area contributed by atoms with E-state index in [4.69, 9.17) is 0 Å². The van der Waals surface area contributed by atoms with Crippen molar-refractivity contribution in [3.63, 3.8) is 0 Å². The third kappa shape index (κ3) is 9.19. The Hall–Kier alpha value is -2.12. The van der Waals surface area contributed by atoms with E-state index in [1.807, 2.05) is 33.8 Å². The lowest BCUT2D eigenvalue weighted by atomic mass is 9.90. The zero-order chi connectivity index (χ0) is 22.1. The minimum Gasteiger partial charge on any atom is -0.333 e. The molecule has 1 heteroatoms. The summed E-state index contributed by atoms with van der Waals surface area (Å²) < 4.78 is 0. The van der Waals surface area contributed by atoms with E-state index in [0.29, 0.717) is 0 Å². The van der Waals surface area contributed by atoms with Gasteiger partial charge in [-0.05, 0) is 74.1 Å². The molecule has 156 valence electrons. The highest BCUT2D eigenvalue weighted by Crippen LogP contribution is 2.26. The Bertz CT molecular complexity index is 691. The fourth-order valence-corrected chi connectivity index (χ4v) is 2.94. The second kappa shape index (κ2) is 17.0. The summed E-state index contributed by atoms with van der Waals surface area (Å²) in [6.07, 6.45) is 6.07. The van der Waals surface area contributed by atoms with Gasteiger partial charge in [-0.15, -0.1) is 0 Å². The zero-order valence-corrected chi connectivity index (χ0v) is 19.8. The number of hydrogen-bond acceptors (Lipinski definition) is 1. The van der Waals surface area contributed by atoms with Crippen molar-refractivity contribution in [2.24, 2.45) is 5.73 Å². The predicted octanol–water partition coefficient (Wildman–Crippen LogP) is 7.61. The highest BCUT2D eigenvalue weighted by molar-refractivity contribution is 5.72. The molecule has 2 aromatic carbocycles. The quantitative estimate of drug-likeness (QED) is 0.530. The van der Waals surface area contributed by atoms with E-state index in [1.165, 1.54) is 46.0 Å². The van der Waals surface area contributed by atoms with Gasteiger partial charge in [0.25, 0.3) is 0 Å². The number of aryl methyl sites for hydroxylation is 4. The van der Waals surface area contributed by atoms with Crippen molar-refractivity contribution in [3.8, 4) is 0 Å². The molecule has 0 radical (unpaired) electrons. The summed E-state index contributed by atoms with van der Waals surface area (Å²) in [6, 6.07) is 13.5. The standard InChI is InChI=1S/C22H26.2C2H6.CH5N/c1-6-8-21(14-19-11-9-16(3)10-12-19)22-15-20(7-2)17(4)13-18(22)5;3*1-2/h6,8-13,15H,1,7,14H2,2-5H3;2*1-2H3;2H2,1H3/b21-8-;;;. The van der Waals surface area contributed by atoms with Gasteiger partial charge in [-0.1, -0.05) is 95.3 Å². The Labute approximate surface area is 175 Å².